The average molecular weight is 311 g/mol. The van der Waals surface area contributed by atoms with Crippen LogP contribution in [0.3, 0.4) is 0 Å². The first kappa shape index (κ1) is 12.5. The molecule has 1 N–H and O–H groups in total. The van der Waals surface area contributed by atoms with E-state index in [1.54, 1.807) is 0 Å². The fraction of sp³-hybridized carbons (Fsp3) is 0.571. The van der Waals surface area contributed by atoms with E-state index in [1.807, 2.05) is 24.3 Å². The van der Waals surface area contributed by atoms with Gasteiger partial charge in [-0.25, -0.2) is 0 Å². The topological polar surface area (TPSA) is 24.5 Å². The highest BCUT2D eigenvalue weighted by Gasteiger charge is 2.35. The van der Waals surface area contributed by atoms with Gasteiger partial charge in [0.1, 0.15) is 12.4 Å². The summed E-state index contributed by atoms with van der Waals surface area (Å²) >= 11 is 3.46. The molecule has 2 aliphatic rings. The number of halogens is 1. The number of likely N-dealkylation sites (tertiary alicyclic amines) is 1. The summed E-state index contributed by atoms with van der Waals surface area (Å²) in [4.78, 5) is 2.54. The summed E-state index contributed by atoms with van der Waals surface area (Å²) in [5.41, 5.74) is 0. The Labute approximate surface area is 117 Å². The highest BCUT2D eigenvalue weighted by Crippen LogP contribution is 2.26. The van der Waals surface area contributed by atoms with Gasteiger partial charge < -0.3 is 10.1 Å². The van der Waals surface area contributed by atoms with Crippen molar-refractivity contribution in [3.05, 3.63) is 28.7 Å². The van der Waals surface area contributed by atoms with E-state index in [4.69, 9.17) is 4.74 Å². The maximum atomic E-state index is 5.78. The summed E-state index contributed by atoms with van der Waals surface area (Å²) in [6.45, 7) is 6.70. The lowest BCUT2D eigenvalue weighted by Crippen LogP contribution is -2.29. The molecular formula is C14H19BrN2O. The Kier molecular flexibility index (Phi) is 3.87. The molecule has 3 nitrogen and oxygen atoms in total. The Morgan fingerprint density at radius 1 is 1.28 bits per heavy atom. The minimum Gasteiger partial charge on any atom is -0.492 e. The first-order valence-electron chi connectivity index (χ1n) is 6.63. The van der Waals surface area contributed by atoms with Gasteiger partial charge in [-0.2, -0.15) is 0 Å². The van der Waals surface area contributed by atoms with Crippen LogP contribution < -0.4 is 10.1 Å². The van der Waals surface area contributed by atoms with Crippen LogP contribution in [-0.4, -0.2) is 44.2 Å². The van der Waals surface area contributed by atoms with E-state index in [0.29, 0.717) is 0 Å². The Morgan fingerprint density at radius 2 is 2.06 bits per heavy atom. The smallest absolute Gasteiger partial charge is 0.120 e. The normalized spacial score (nSPS) is 27.4. The zero-order chi connectivity index (χ0) is 12.4. The van der Waals surface area contributed by atoms with Crippen molar-refractivity contribution in [3.63, 3.8) is 0 Å². The van der Waals surface area contributed by atoms with E-state index in [-0.39, 0.29) is 0 Å². The summed E-state index contributed by atoms with van der Waals surface area (Å²) in [6, 6.07) is 8.04. The number of ether oxygens (including phenoxy) is 1. The van der Waals surface area contributed by atoms with Crippen molar-refractivity contribution in [2.45, 2.75) is 0 Å². The molecule has 0 spiro atoms. The fourth-order valence-corrected chi connectivity index (χ4v) is 3.36. The minimum atomic E-state index is 0.781. The van der Waals surface area contributed by atoms with Gasteiger partial charge in [-0.3, -0.25) is 4.90 Å². The Hall–Kier alpha value is -0.580. The third-order valence-electron chi connectivity index (χ3n) is 3.94. The molecule has 98 valence electrons. The molecule has 0 saturated carbocycles. The van der Waals surface area contributed by atoms with Crippen LogP contribution in [0.2, 0.25) is 0 Å². The van der Waals surface area contributed by atoms with Crippen molar-refractivity contribution in [3.8, 4) is 5.75 Å². The summed E-state index contributed by atoms with van der Waals surface area (Å²) < 4.78 is 6.85. The molecule has 2 heterocycles. The molecule has 0 aromatic heterocycles. The minimum absolute atomic E-state index is 0.781. The maximum Gasteiger partial charge on any atom is 0.120 e. The third-order valence-corrected chi connectivity index (χ3v) is 4.43. The summed E-state index contributed by atoms with van der Waals surface area (Å²) in [7, 11) is 0. The number of nitrogens with one attached hydrogen (secondary N) is 1. The summed E-state index contributed by atoms with van der Waals surface area (Å²) in [5.74, 6) is 2.69. The number of hydrogen-bond donors (Lipinski definition) is 1. The summed E-state index contributed by atoms with van der Waals surface area (Å²) in [6.07, 6.45) is 0. The molecule has 0 radical (unpaired) electrons. The van der Waals surface area contributed by atoms with E-state index in [2.05, 4.69) is 26.1 Å². The van der Waals surface area contributed by atoms with Gasteiger partial charge in [0.15, 0.2) is 0 Å². The van der Waals surface area contributed by atoms with Crippen molar-refractivity contribution in [2.75, 3.05) is 39.3 Å². The van der Waals surface area contributed by atoms with Gasteiger partial charge in [0.05, 0.1) is 0 Å². The number of nitrogens with zero attached hydrogens (tertiary/aromatic N) is 1. The predicted molar refractivity (Wildman–Crippen MR) is 75.9 cm³/mol. The second-order valence-corrected chi connectivity index (χ2v) is 6.16. The molecule has 2 atom stereocenters. The van der Waals surface area contributed by atoms with Crippen molar-refractivity contribution >= 4 is 15.9 Å². The average Bonchev–Trinajstić information content (AvgIpc) is 2.89. The van der Waals surface area contributed by atoms with Gasteiger partial charge in [0.25, 0.3) is 0 Å². The predicted octanol–water partition coefficient (Wildman–Crippen LogP) is 1.98. The van der Waals surface area contributed by atoms with Crippen molar-refractivity contribution in [1.29, 1.82) is 0 Å². The molecule has 1 aromatic carbocycles. The van der Waals surface area contributed by atoms with E-state index < -0.39 is 0 Å². The molecule has 4 heteroatoms. The van der Waals surface area contributed by atoms with Crippen LogP contribution in [0.1, 0.15) is 0 Å². The van der Waals surface area contributed by atoms with Crippen LogP contribution in [0.4, 0.5) is 0 Å². The SMILES string of the molecule is Brc1cccc(OCCN2CC3CNCC3C2)c1. The summed E-state index contributed by atoms with van der Waals surface area (Å²) in [5, 5.41) is 3.47. The first-order valence-corrected chi connectivity index (χ1v) is 7.42. The van der Waals surface area contributed by atoms with Crippen LogP contribution in [0.15, 0.2) is 28.7 Å². The van der Waals surface area contributed by atoms with Crippen LogP contribution in [0, 0.1) is 11.8 Å². The molecule has 2 aliphatic heterocycles. The third kappa shape index (κ3) is 2.87. The second-order valence-electron chi connectivity index (χ2n) is 5.24. The Morgan fingerprint density at radius 3 is 2.78 bits per heavy atom. The maximum absolute atomic E-state index is 5.78. The van der Waals surface area contributed by atoms with Gasteiger partial charge in [0.2, 0.25) is 0 Å². The van der Waals surface area contributed by atoms with Crippen LogP contribution in [0.25, 0.3) is 0 Å². The van der Waals surface area contributed by atoms with E-state index in [1.165, 1.54) is 26.2 Å². The lowest BCUT2D eigenvalue weighted by Gasteiger charge is -2.17. The zero-order valence-corrected chi connectivity index (χ0v) is 12.0. The molecular weight excluding hydrogens is 292 g/mol. The molecule has 0 aliphatic carbocycles. The number of rotatable bonds is 4. The number of fused-ring (bicyclic) bond motifs is 1. The molecule has 2 saturated heterocycles. The monoisotopic (exact) mass is 310 g/mol. The number of benzene rings is 1. The molecule has 0 bridgehead atoms. The fourth-order valence-electron chi connectivity index (χ4n) is 2.98. The van der Waals surface area contributed by atoms with Crippen molar-refractivity contribution < 1.29 is 4.74 Å². The van der Waals surface area contributed by atoms with Crippen molar-refractivity contribution in [1.82, 2.24) is 10.2 Å². The van der Waals surface area contributed by atoms with Gasteiger partial charge in [-0.15, -0.1) is 0 Å². The quantitative estimate of drug-likeness (QED) is 0.920. The van der Waals surface area contributed by atoms with E-state index in [0.717, 1.165) is 35.2 Å². The first-order chi connectivity index (χ1) is 8.81. The van der Waals surface area contributed by atoms with Gasteiger partial charge in [-0.05, 0) is 43.1 Å². The van der Waals surface area contributed by atoms with Gasteiger partial charge in [-0.1, -0.05) is 22.0 Å². The largest absolute Gasteiger partial charge is 0.492 e. The molecule has 3 rings (SSSR count). The van der Waals surface area contributed by atoms with E-state index >= 15 is 0 Å². The van der Waals surface area contributed by atoms with Crippen LogP contribution in [0.5, 0.6) is 5.75 Å². The van der Waals surface area contributed by atoms with Gasteiger partial charge >= 0.3 is 0 Å². The highest BCUT2D eigenvalue weighted by atomic mass is 79.9. The molecule has 1 aromatic rings. The molecule has 2 unspecified atom stereocenters. The number of hydrogen-bond acceptors (Lipinski definition) is 3. The Bertz CT molecular complexity index is 401. The van der Waals surface area contributed by atoms with Crippen LogP contribution >= 0.6 is 15.9 Å². The Balaban J connectivity index is 1.43. The molecule has 18 heavy (non-hydrogen) atoms. The molecule has 0 amide bonds. The molecule has 2 fully saturated rings. The standard InChI is InChI=1S/C14H19BrN2O/c15-13-2-1-3-14(6-13)18-5-4-17-9-11-7-16-8-12(11)10-17/h1-3,6,11-12,16H,4-5,7-10H2. The highest BCUT2D eigenvalue weighted by molar-refractivity contribution is 9.10. The van der Waals surface area contributed by atoms with Gasteiger partial charge in [0, 0.05) is 24.1 Å². The zero-order valence-electron chi connectivity index (χ0n) is 10.4. The lowest BCUT2D eigenvalue weighted by atomic mass is 10.0. The lowest BCUT2D eigenvalue weighted by molar-refractivity contribution is 0.228. The van der Waals surface area contributed by atoms with Crippen molar-refractivity contribution in [2.24, 2.45) is 11.8 Å². The van der Waals surface area contributed by atoms with Crippen LogP contribution in [-0.2, 0) is 0 Å². The van der Waals surface area contributed by atoms with E-state index in [9.17, 15) is 0 Å². The second kappa shape index (κ2) is 5.59.